The Balaban J connectivity index is 1.86. The van der Waals surface area contributed by atoms with Gasteiger partial charge >= 0.3 is 0 Å². The van der Waals surface area contributed by atoms with Crippen LogP contribution in [0.4, 0.5) is 14.5 Å². The van der Waals surface area contributed by atoms with E-state index in [1.165, 1.54) is 6.07 Å². The molecule has 0 fully saturated rings. The molecule has 1 aromatic heterocycles. The number of aromatic amines is 1. The molecule has 2 heterocycles. The second-order valence-corrected chi connectivity index (χ2v) is 5.26. The Morgan fingerprint density at radius 2 is 2.00 bits per heavy atom. The SMILES string of the molecule is Fc1cc(F)c2nc(C3CCNc4ccccc43)[nH]c2c1. The lowest BCUT2D eigenvalue weighted by molar-refractivity contribution is 0.590. The van der Waals surface area contributed by atoms with E-state index in [0.717, 1.165) is 30.3 Å². The number of para-hydroxylation sites is 1. The molecular formula is C16H13F2N3. The van der Waals surface area contributed by atoms with E-state index in [1.807, 2.05) is 24.3 Å². The van der Waals surface area contributed by atoms with Crippen molar-refractivity contribution in [1.29, 1.82) is 0 Å². The van der Waals surface area contributed by atoms with Gasteiger partial charge in [0.05, 0.1) is 5.52 Å². The third-order valence-electron chi connectivity index (χ3n) is 3.94. The lowest BCUT2D eigenvalue weighted by atomic mass is 9.90. The zero-order valence-corrected chi connectivity index (χ0v) is 11.2. The maximum absolute atomic E-state index is 13.8. The topological polar surface area (TPSA) is 40.7 Å². The number of H-pyrrole nitrogens is 1. The van der Waals surface area contributed by atoms with Gasteiger partial charge in [-0.15, -0.1) is 0 Å². The Morgan fingerprint density at radius 1 is 1.14 bits per heavy atom. The molecule has 1 aliphatic heterocycles. The first-order chi connectivity index (χ1) is 10.2. The Bertz CT molecular complexity index is 826. The van der Waals surface area contributed by atoms with Crippen molar-refractivity contribution < 1.29 is 8.78 Å². The van der Waals surface area contributed by atoms with E-state index in [4.69, 9.17) is 0 Å². The Kier molecular flexibility index (Phi) is 2.67. The van der Waals surface area contributed by atoms with Gasteiger partial charge in [0.25, 0.3) is 0 Å². The lowest BCUT2D eigenvalue weighted by Gasteiger charge is -2.25. The summed E-state index contributed by atoms with van der Waals surface area (Å²) < 4.78 is 27.1. The second kappa shape index (κ2) is 4.55. The highest BCUT2D eigenvalue weighted by Gasteiger charge is 2.24. The normalized spacial score (nSPS) is 17.5. The van der Waals surface area contributed by atoms with Crippen LogP contribution in [0.5, 0.6) is 0 Å². The van der Waals surface area contributed by atoms with Crippen molar-refractivity contribution in [3.63, 3.8) is 0 Å². The fourth-order valence-corrected chi connectivity index (χ4v) is 2.98. The Morgan fingerprint density at radius 3 is 2.90 bits per heavy atom. The minimum absolute atomic E-state index is 0.0670. The largest absolute Gasteiger partial charge is 0.385 e. The molecule has 1 atom stereocenters. The van der Waals surface area contributed by atoms with Gasteiger partial charge in [0, 0.05) is 24.2 Å². The van der Waals surface area contributed by atoms with Gasteiger partial charge in [-0.05, 0) is 24.1 Å². The van der Waals surface area contributed by atoms with Crippen molar-refractivity contribution in [2.75, 3.05) is 11.9 Å². The average Bonchev–Trinajstić information content (AvgIpc) is 2.90. The molecule has 3 aromatic rings. The van der Waals surface area contributed by atoms with Crippen LogP contribution < -0.4 is 5.32 Å². The number of aromatic nitrogens is 2. The van der Waals surface area contributed by atoms with Crippen LogP contribution in [0.25, 0.3) is 11.0 Å². The van der Waals surface area contributed by atoms with E-state index in [2.05, 4.69) is 15.3 Å². The standard InChI is InChI=1S/C16H13F2N3/c17-9-7-12(18)15-14(8-9)20-16(21-15)11-5-6-19-13-4-2-1-3-10(11)13/h1-4,7-8,11,19H,5-6H2,(H,20,21). The number of nitrogens with zero attached hydrogens (tertiary/aromatic N) is 1. The van der Waals surface area contributed by atoms with Gasteiger partial charge in [-0.3, -0.25) is 0 Å². The zero-order valence-electron chi connectivity index (χ0n) is 11.2. The molecule has 0 saturated carbocycles. The first-order valence-electron chi connectivity index (χ1n) is 6.90. The van der Waals surface area contributed by atoms with Crippen LogP contribution in [0, 0.1) is 11.6 Å². The Labute approximate surface area is 120 Å². The first kappa shape index (κ1) is 12.3. The van der Waals surface area contributed by atoms with Gasteiger partial charge in [0.2, 0.25) is 0 Å². The van der Waals surface area contributed by atoms with E-state index in [9.17, 15) is 8.78 Å². The third kappa shape index (κ3) is 1.96. The third-order valence-corrected chi connectivity index (χ3v) is 3.94. The smallest absolute Gasteiger partial charge is 0.153 e. The Hall–Kier alpha value is -2.43. The van der Waals surface area contributed by atoms with Crippen LogP contribution in [0.15, 0.2) is 36.4 Å². The molecule has 2 aromatic carbocycles. The summed E-state index contributed by atoms with van der Waals surface area (Å²) in [6, 6.07) is 10.1. The van der Waals surface area contributed by atoms with Crippen molar-refractivity contribution in [2.24, 2.45) is 0 Å². The van der Waals surface area contributed by atoms with Crippen molar-refractivity contribution >= 4 is 16.7 Å². The molecule has 21 heavy (non-hydrogen) atoms. The van der Waals surface area contributed by atoms with Gasteiger partial charge < -0.3 is 10.3 Å². The molecule has 2 N–H and O–H groups in total. The van der Waals surface area contributed by atoms with Crippen LogP contribution in [-0.4, -0.2) is 16.5 Å². The number of anilines is 1. The number of hydrogen-bond donors (Lipinski definition) is 2. The molecule has 1 aliphatic rings. The summed E-state index contributed by atoms with van der Waals surface area (Å²) >= 11 is 0. The van der Waals surface area contributed by atoms with Crippen molar-refractivity contribution in [3.05, 3.63) is 59.4 Å². The van der Waals surface area contributed by atoms with Crippen LogP contribution in [0.2, 0.25) is 0 Å². The highest BCUT2D eigenvalue weighted by Crippen LogP contribution is 2.35. The molecule has 0 saturated heterocycles. The summed E-state index contributed by atoms with van der Waals surface area (Å²) in [6.07, 6.45) is 0.862. The second-order valence-electron chi connectivity index (χ2n) is 5.26. The number of rotatable bonds is 1. The molecule has 4 rings (SSSR count). The van der Waals surface area contributed by atoms with Gasteiger partial charge in [-0.2, -0.15) is 0 Å². The maximum atomic E-state index is 13.8. The fraction of sp³-hybridized carbons (Fsp3) is 0.188. The van der Waals surface area contributed by atoms with E-state index >= 15 is 0 Å². The number of nitrogens with one attached hydrogen (secondary N) is 2. The number of benzene rings is 2. The predicted molar refractivity (Wildman–Crippen MR) is 77.4 cm³/mol. The van der Waals surface area contributed by atoms with Crippen molar-refractivity contribution in [1.82, 2.24) is 9.97 Å². The monoisotopic (exact) mass is 285 g/mol. The summed E-state index contributed by atoms with van der Waals surface area (Å²) in [6.45, 7) is 0.829. The quantitative estimate of drug-likeness (QED) is 0.714. The summed E-state index contributed by atoms with van der Waals surface area (Å²) in [5.41, 5.74) is 2.80. The van der Waals surface area contributed by atoms with Crippen LogP contribution in [0.3, 0.4) is 0 Å². The fourth-order valence-electron chi connectivity index (χ4n) is 2.98. The number of halogens is 2. The lowest BCUT2D eigenvalue weighted by Crippen LogP contribution is -2.18. The maximum Gasteiger partial charge on any atom is 0.153 e. The minimum Gasteiger partial charge on any atom is -0.385 e. The van der Waals surface area contributed by atoms with Crippen LogP contribution in [-0.2, 0) is 0 Å². The minimum atomic E-state index is -0.630. The highest BCUT2D eigenvalue weighted by molar-refractivity contribution is 5.76. The summed E-state index contributed by atoms with van der Waals surface area (Å²) in [5, 5.41) is 3.34. The summed E-state index contributed by atoms with van der Waals surface area (Å²) in [4.78, 5) is 7.42. The molecule has 0 radical (unpaired) electrons. The molecule has 106 valence electrons. The molecule has 0 amide bonds. The zero-order chi connectivity index (χ0) is 14.4. The van der Waals surface area contributed by atoms with E-state index < -0.39 is 11.6 Å². The molecule has 1 unspecified atom stereocenters. The average molecular weight is 285 g/mol. The molecule has 3 nitrogen and oxygen atoms in total. The number of fused-ring (bicyclic) bond motifs is 2. The van der Waals surface area contributed by atoms with E-state index in [1.54, 1.807) is 0 Å². The van der Waals surface area contributed by atoms with Gasteiger partial charge in [0.1, 0.15) is 17.2 Å². The first-order valence-corrected chi connectivity index (χ1v) is 6.90. The molecular weight excluding hydrogens is 272 g/mol. The van der Waals surface area contributed by atoms with Gasteiger partial charge in [0.15, 0.2) is 5.82 Å². The van der Waals surface area contributed by atoms with Gasteiger partial charge in [-0.1, -0.05) is 18.2 Å². The number of imidazole rings is 1. The molecule has 0 spiro atoms. The summed E-state index contributed by atoms with van der Waals surface area (Å²) in [7, 11) is 0. The van der Waals surface area contributed by atoms with Crippen molar-refractivity contribution in [2.45, 2.75) is 12.3 Å². The van der Waals surface area contributed by atoms with Gasteiger partial charge in [-0.25, -0.2) is 13.8 Å². The molecule has 0 aliphatic carbocycles. The van der Waals surface area contributed by atoms with Crippen molar-refractivity contribution in [3.8, 4) is 0 Å². The summed E-state index contributed by atoms with van der Waals surface area (Å²) in [5.74, 6) is -0.476. The van der Waals surface area contributed by atoms with E-state index in [0.29, 0.717) is 11.3 Å². The highest BCUT2D eigenvalue weighted by atomic mass is 19.1. The van der Waals surface area contributed by atoms with Crippen LogP contribution >= 0.6 is 0 Å². The number of hydrogen-bond acceptors (Lipinski definition) is 2. The molecule has 0 bridgehead atoms. The molecule has 5 heteroatoms. The van der Waals surface area contributed by atoms with Crippen LogP contribution in [0.1, 0.15) is 23.7 Å². The van der Waals surface area contributed by atoms with E-state index in [-0.39, 0.29) is 11.4 Å². The predicted octanol–water partition coefficient (Wildman–Crippen LogP) is 3.79.